The van der Waals surface area contributed by atoms with Crippen LogP contribution < -0.4 is 28.3 Å². The van der Waals surface area contributed by atoms with Gasteiger partial charge in [-0.25, -0.2) is 0 Å². The third-order valence-corrected chi connectivity index (χ3v) is 7.52. The fourth-order valence-electron chi connectivity index (χ4n) is 3.91. The Morgan fingerprint density at radius 3 is 1.81 bits per heavy atom. The maximum absolute atomic E-state index is 3.58. The Morgan fingerprint density at radius 2 is 1.22 bits per heavy atom. The summed E-state index contributed by atoms with van der Waals surface area (Å²) in [5.41, 5.74) is 2.98. The Balaban J connectivity index is 0.00000105. The summed E-state index contributed by atoms with van der Waals surface area (Å²) in [5, 5.41) is 7.01. The molecule has 0 aromatic heterocycles. The molecule has 0 aliphatic heterocycles. The number of aryl methyl sites for hydroxylation is 2. The summed E-state index contributed by atoms with van der Waals surface area (Å²) in [6.07, 6.45) is 2.33. The van der Waals surface area contributed by atoms with Crippen LogP contribution in [0.1, 0.15) is 11.1 Å². The van der Waals surface area contributed by atoms with E-state index < -0.39 is 7.92 Å². The van der Waals surface area contributed by atoms with E-state index in [9.17, 15) is 0 Å². The van der Waals surface area contributed by atoms with Gasteiger partial charge in [0.05, 0.1) is 0 Å². The Labute approximate surface area is 188 Å². The molecule has 0 fully saturated rings. The van der Waals surface area contributed by atoms with Crippen molar-refractivity contribution in [3.8, 4) is 0 Å². The van der Waals surface area contributed by atoms with Gasteiger partial charge >= 0.3 is 27.7 Å². The molecule has 0 N–H and O–H groups in total. The molecular formula is C24H18ClHgP. The van der Waals surface area contributed by atoms with Crippen molar-refractivity contribution in [1.29, 1.82) is 0 Å². The van der Waals surface area contributed by atoms with Crippen molar-refractivity contribution in [2.45, 2.75) is 12.8 Å². The molecule has 27 heavy (non-hydrogen) atoms. The van der Waals surface area contributed by atoms with Gasteiger partial charge < -0.3 is 12.4 Å². The van der Waals surface area contributed by atoms with E-state index in [0.29, 0.717) is 0 Å². The first-order valence-corrected chi connectivity index (χ1v) is 10.1. The van der Waals surface area contributed by atoms with Gasteiger partial charge in [0.25, 0.3) is 0 Å². The molecule has 2 radical (unpaired) electrons. The summed E-state index contributed by atoms with van der Waals surface area (Å²) in [4.78, 5) is 0. The molecule has 0 saturated heterocycles. The van der Waals surface area contributed by atoms with Gasteiger partial charge in [-0.05, 0) is 64.6 Å². The maximum Gasteiger partial charge on any atom is 1.00 e. The van der Waals surface area contributed by atoms with Crippen molar-refractivity contribution in [3.05, 3.63) is 102 Å². The zero-order valence-corrected chi connectivity index (χ0v) is 22.2. The minimum atomic E-state index is -0.574. The fraction of sp³-hybridized carbons (Fsp3) is 0.0833. The van der Waals surface area contributed by atoms with Crippen molar-refractivity contribution in [2.24, 2.45) is 0 Å². The van der Waals surface area contributed by atoms with Gasteiger partial charge in [0.2, 0.25) is 0 Å². The largest absolute Gasteiger partial charge is 1.00 e. The number of hydrogen-bond acceptors (Lipinski definition) is 0. The van der Waals surface area contributed by atoms with Crippen LogP contribution in [0.15, 0.2) is 84.9 Å². The van der Waals surface area contributed by atoms with Crippen LogP contribution in [0, 0.1) is 6.07 Å². The van der Waals surface area contributed by atoms with Crippen LogP contribution in [0.2, 0.25) is 0 Å². The second-order valence-corrected chi connectivity index (χ2v) is 8.69. The third kappa shape index (κ3) is 3.73. The molecule has 4 aromatic rings. The van der Waals surface area contributed by atoms with Gasteiger partial charge in [0, 0.05) is 0 Å². The SMILES string of the molecule is [Cl-].[Hg+].[c]1ccc2c3c(ccc(P(c4ccccc4)c4ccccc4)c13)CC2. The Bertz CT molecular complexity index is 998. The van der Waals surface area contributed by atoms with Crippen LogP contribution in [-0.4, -0.2) is 0 Å². The van der Waals surface area contributed by atoms with Crippen molar-refractivity contribution < 1.29 is 40.1 Å². The van der Waals surface area contributed by atoms with Crippen molar-refractivity contribution in [1.82, 2.24) is 0 Å². The van der Waals surface area contributed by atoms with E-state index in [4.69, 9.17) is 0 Å². The molecular weight excluding hydrogens is 555 g/mol. The second-order valence-electron chi connectivity index (χ2n) is 6.50. The van der Waals surface area contributed by atoms with E-state index in [2.05, 4.69) is 91.0 Å². The third-order valence-electron chi connectivity index (χ3n) is 5.04. The summed E-state index contributed by atoms with van der Waals surface area (Å²) in [7, 11) is -0.574. The molecule has 0 spiro atoms. The van der Waals surface area contributed by atoms with Crippen molar-refractivity contribution >= 4 is 34.6 Å². The van der Waals surface area contributed by atoms with Gasteiger partial charge in [0.15, 0.2) is 0 Å². The quantitative estimate of drug-likeness (QED) is 0.258. The summed E-state index contributed by atoms with van der Waals surface area (Å²) in [6, 6.07) is 34.5. The maximum atomic E-state index is 3.58. The topological polar surface area (TPSA) is 0 Å². The van der Waals surface area contributed by atoms with Gasteiger partial charge in [-0.15, -0.1) is 0 Å². The molecule has 0 saturated carbocycles. The van der Waals surface area contributed by atoms with E-state index in [1.54, 1.807) is 0 Å². The standard InChI is InChI=1S/C24H18P.ClH.Hg/c1-3-9-20(10-4-1)25(21-11-5-2-6-12-21)23-17-16-19-15-14-18-8-7-13-22(23)24(18)19;;/h1-12,16-17H,14-15H2;1H;/q;;+1/p-1. The average Bonchev–Trinajstić information content (AvgIpc) is 3.11. The van der Waals surface area contributed by atoms with Crippen LogP contribution >= 0.6 is 7.92 Å². The van der Waals surface area contributed by atoms with Crippen LogP contribution in [0.25, 0.3) is 10.8 Å². The minimum absolute atomic E-state index is 0. The zero-order valence-electron chi connectivity index (χ0n) is 15.0. The molecule has 0 unspecified atom stereocenters. The molecule has 4 aromatic carbocycles. The second kappa shape index (κ2) is 8.87. The molecule has 3 heteroatoms. The number of halogens is 1. The average molecular weight is 573 g/mol. The predicted octanol–water partition coefficient (Wildman–Crippen LogP) is 1.50. The number of hydrogen-bond donors (Lipinski definition) is 0. The Kier molecular flexibility index (Phi) is 6.74. The van der Waals surface area contributed by atoms with E-state index in [-0.39, 0.29) is 40.1 Å². The predicted molar refractivity (Wildman–Crippen MR) is 109 cm³/mol. The van der Waals surface area contributed by atoms with Crippen LogP contribution in [0.5, 0.6) is 0 Å². The van der Waals surface area contributed by atoms with Crippen LogP contribution in [-0.2, 0) is 40.5 Å². The zero-order chi connectivity index (χ0) is 16.6. The first-order valence-electron chi connectivity index (χ1n) is 8.77. The summed E-state index contributed by atoms with van der Waals surface area (Å²) >= 11 is 0. The van der Waals surface area contributed by atoms with Crippen molar-refractivity contribution in [3.63, 3.8) is 0 Å². The molecule has 1 aliphatic rings. The van der Waals surface area contributed by atoms with Gasteiger partial charge in [-0.3, -0.25) is 0 Å². The first kappa shape index (κ1) is 20.5. The minimum Gasteiger partial charge on any atom is -1.00 e. The van der Waals surface area contributed by atoms with E-state index in [1.807, 2.05) is 0 Å². The molecule has 128 valence electrons. The van der Waals surface area contributed by atoms with Gasteiger partial charge in [-0.2, -0.15) is 0 Å². The Hall–Kier alpha value is -1.20. The first-order chi connectivity index (χ1) is 12.4. The molecule has 0 nitrogen and oxygen atoms in total. The van der Waals surface area contributed by atoms with Crippen LogP contribution in [0.4, 0.5) is 0 Å². The molecule has 0 atom stereocenters. The monoisotopic (exact) mass is 574 g/mol. The van der Waals surface area contributed by atoms with E-state index in [0.717, 1.165) is 0 Å². The summed E-state index contributed by atoms with van der Waals surface area (Å²) in [6.45, 7) is 0. The van der Waals surface area contributed by atoms with E-state index in [1.165, 1.54) is 50.7 Å². The smallest absolute Gasteiger partial charge is 1.00 e. The van der Waals surface area contributed by atoms with Gasteiger partial charge in [-0.1, -0.05) is 84.9 Å². The molecule has 5 rings (SSSR count). The van der Waals surface area contributed by atoms with Crippen LogP contribution in [0.3, 0.4) is 0 Å². The Morgan fingerprint density at radius 1 is 0.667 bits per heavy atom. The number of rotatable bonds is 3. The van der Waals surface area contributed by atoms with Gasteiger partial charge in [0.1, 0.15) is 0 Å². The summed E-state index contributed by atoms with van der Waals surface area (Å²) in [5.74, 6) is 0. The molecule has 0 heterocycles. The number of benzene rings is 4. The van der Waals surface area contributed by atoms with Crippen molar-refractivity contribution in [2.75, 3.05) is 0 Å². The molecule has 0 bridgehead atoms. The molecule has 0 amide bonds. The molecule has 1 aliphatic carbocycles. The fourth-order valence-corrected chi connectivity index (χ4v) is 6.33. The van der Waals surface area contributed by atoms with E-state index >= 15 is 0 Å². The normalized spacial score (nSPS) is 11.9. The summed E-state index contributed by atoms with van der Waals surface area (Å²) < 4.78 is 0.